The van der Waals surface area contributed by atoms with Crippen molar-refractivity contribution in [1.82, 2.24) is 14.8 Å². The van der Waals surface area contributed by atoms with Gasteiger partial charge in [0.05, 0.1) is 16.3 Å². The van der Waals surface area contributed by atoms with Crippen LogP contribution in [0.3, 0.4) is 0 Å². The zero-order chi connectivity index (χ0) is 21.1. The fraction of sp³-hybridized carbons (Fsp3) is 0.263. The number of thiocarbonyl (C=S) groups is 1. The molecule has 0 unspecified atom stereocenters. The highest BCUT2D eigenvalue weighted by Gasteiger charge is 2.32. The van der Waals surface area contributed by atoms with Crippen LogP contribution in [0.2, 0.25) is 5.02 Å². The average Bonchev–Trinajstić information content (AvgIpc) is 3.18. The van der Waals surface area contributed by atoms with E-state index < -0.39 is 0 Å². The molecule has 1 aliphatic heterocycles. The Balaban J connectivity index is 1.83. The number of hydrogen-bond donors (Lipinski definition) is 0. The van der Waals surface area contributed by atoms with Crippen molar-refractivity contribution in [2.75, 3.05) is 32.1 Å². The lowest BCUT2D eigenvalue weighted by molar-refractivity contribution is -0.122. The second kappa shape index (κ2) is 9.36. The largest absolute Gasteiger partial charge is 0.308 e. The number of anilines is 2. The van der Waals surface area contributed by atoms with E-state index in [9.17, 15) is 9.59 Å². The Hall–Kier alpha value is -1.78. The van der Waals surface area contributed by atoms with E-state index in [1.807, 2.05) is 24.4 Å². The quantitative estimate of drug-likeness (QED) is 0.468. The molecule has 0 aliphatic carbocycles. The Labute approximate surface area is 188 Å². The van der Waals surface area contributed by atoms with E-state index in [0.29, 0.717) is 37.3 Å². The topological polar surface area (TPSA) is 56.8 Å². The Morgan fingerprint density at radius 1 is 1.38 bits per heavy atom. The number of aromatic nitrogens is 1. The Kier molecular flexibility index (Phi) is 7.07. The van der Waals surface area contributed by atoms with Crippen molar-refractivity contribution >= 4 is 79.9 Å². The standard InChI is InChI=1S/C19H19ClN4O2S3/c1-12(25)24(15-6-4-5-13(20)9-15)18-21-14(11-28-18)10-16-17(26)23(19(27)29-16)8-7-22(2)3/h4-6,9-11H,7-8H2,1-3H3/b16-10+. The first-order chi connectivity index (χ1) is 13.8. The van der Waals surface area contributed by atoms with E-state index in [1.165, 1.54) is 34.9 Å². The summed E-state index contributed by atoms with van der Waals surface area (Å²) in [7, 11) is 3.90. The van der Waals surface area contributed by atoms with Crippen LogP contribution in [0.4, 0.5) is 10.8 Å². The molecule has 0 spiro atoms. The smallest absolute Gasteiger partial charge is 0.266 e. The number of benzene rings is 1. The van der Waals surface area contributed by atoms with Crippen molar-refractivity contribution < 1.29 is 9.59 Å². The molecule has 1 fully saturated rings. The zero-order valence-corrected chi connectivity index (χ0v) is 19.3. The lowest BCUT2D eigenvalue weighted by Crippen LogP contribution is -2.34. The molecule has 2 heterocycles. The lowest BCUT2D eigenvalue weighted by Gasteiger charge is -2.18. The minimum absolute atomic E-state index is 0.116. The summed E-state index contributed by atoms with van der Waals surface area (Å²) in [5, 5.41) is 2.85. The highest BCUT2D eigenvalue weighted by atomic mass is 35.5. The first kappa shape index (κ1) is 21.9. The molecule has 0 bridgehead atoms. The maximum atomic E-state index is 12.7. The minimum Gasteiger partial charge on any atom is -0.308 e. The fourth-order valence-electron chi connectivity index (χ4n) is 2.61. The summed E-state index contributed by atoms with van der Waals surface area (Å²) in [6.07, 6.45) is 1.71. The third-order valence-electron chi connectivity index (χ3n) is 4.01. The summed E-state index contributed by atoms with van der Waals surface area (Å²) in [5.74, 6) is -0.294. The van der Waals surface area contributed by atoms with Crippen LogP contribution in [0.1, 0.15) is 12.6 Å². The number of nitrogens with zero attached hydrogens (tertiary/aromatic N) is 4. The number of thioether (sulfide) groups is 1. The highest BCUT2D eigenvalue weighted by molar-refractivity contribution is 8.26. The molecule has 6 nitrogen and oxygen atoms in total. The van der Waals surface area contributed by atoms with Gasteiger partial charge in [0.25, 0.3) is 5.91 Å². The van der Waals surface area contributed by atoms with Crippen LogP contribution in [-0.4, -0.2) is 58.1 Å². The van der Waals surface area contributed by atoms with Gasteiger partial charge in [0, 0.05) is 30.4 Å². The number of carbonyl (C=O) groups excluding carboxylic acids is 2. The number of likely N-dealkylation sites (N-methyl/N-ethyl adjacent to an activating group) is 1. The minimum atomic E-state index is -0.178. The molecule has 0 N–H and O–H groups in total. The highest BCUT2D eigenvalue weighted by Crippen LogP contribution is 2.35. The first-order valence-electron chi connectivity index (χ1n) is 8.68. The predicted molar refractivity (Wildman–Crippen MR) is 125 cm³/mol. The molecule has 1 aromatic carbocycles. The zero-order valence-electron chi connectivity index (χ0n) is 16.1. The number of hydrogen-bond acceptors (Lipinski definition) is 7. The summed E-state index contributed by atoms with van der Waals surface area (Å²) >= 11 is 14.0. The third-order valence-corrected chi connectivity index (χ3v) is 6.46. The summed E-state index contributed by atoms with van der Waals surface area (Å²) in [4.78, 5) is 35.1. The van der Waals surface area contributed by atoms with Gasteiger partial charge in [-0.3, -0.25) is 19.4 Å². The van der Waals surface area contributed by atoms with Gasteiger partial charge in [0.2, 0.25) is 5.91 Å². The monoisotopic (exact) mass is 466 g/mol. The molecule has 2 aromatic rings. The Bertz CT molecular complexity index is 989. The fourth-order valence-corrected chi connectivity index (χ4v) is 4.94. The molecule has 152 valence electrons. The molecule has 10 heteroatoms. The number of amides is 2. The molecule has 0 radical (unpaired) electrons. The number of rotatable bonds is 6. The summed E-state index contributed by atoms with van der Waals surface area (Å²) in [6, 6.07) is 7.03. The molecule has 1 aliphatic rings. The van der Waals surface area contributed by atoms with Crippen LogP contribution < -0.4 is 4.90 Å². The molecule has 0 atom stereocenters. The molecule has 1 aromatic heterocycles. The summed E-state index contributed by atoms with van der Waals surface area (Å²) < 4.78 is 0.544. The van der Waals surface area contributed by atoms with Gasteiger partial charge < -0.3 is 4.90 Å². The van der Waals surface area contributed by atoms with E-state index in [0.717, 1.165) is 6.54 Å². The molecule has 1 saturated heterocycles. The third kappa shape index (κ3) is 5.23. The molecule has 3 rings (SSSR count). The van der Waals surface area contributed by atoms with E-state index in [1.54, 1.807) is 35.2 Å². The van der Waals surface area contributed by atoms with Crippen molar-refractivity contribution in [3.05, 3.63) is 45.3 Å². The van der Waals surface area contributed by atoms with Crippen molar-refractivity contribution in [2.45, 2.75) is 6.92 Å². The number of halogens is 1. The van der Waals surface area contributed by atoms with Crippen LogP contribution in [-0.2, 0) is 9.59 Å². The Morgan fingerprint density at radius 2 is 2.14 bits per heavy atom. The lowest BCUT2D eigenvalue weighted by atomic mass is 10.3. The van der Waals surface area contributed by atoms with E-state index >= 15 is 0 Å². The maximum absolute atomic E-state index is 12.7. The van der Waals surface area contributed by atoms with Gasteiger partial charge in [-0.1, -0.05) is 41.6 Å². The van der Waals surface area contributed by atoms with Gasteiger partial charge in [-0.15, -0.1) is 11.3 Å². The van der Waals surface area contributed by atoms with E-state index in [2.05, 4.69) is 4.98 Å². The van der Waals surface area contributed by atoms with Crippen molar-refractivity contribution in [2.24, 2.45) is 0 Å². The van der Waals surface area contributed by atoms with E-state index in [-0.39, 0.29) is 11.8 Å². The first-order valence-corrected chi connectivity index (χ1v) is 11.2. The number of thiazole rings is 1. The summed E-state index contributed by atoms with van der Waals surface area (Å²) in [5.41, 5.74) is 1.24. The summed E-state index contributed by atoms with van der Waals surface area (Å²) in [6.45, 7) is 2.75. The van der Waals surface area contributed by atoms with Crippen LogP contribution in [0, 0.1) is 0 Å². The number of carbonyl (C=O) groups is 2. The van der Waals surface area contributed by atoms with Crippen molar-refractivity contribution in [1.29, 1.82) is 0 Å². The van der Waals surface area contributed by atoms with Crippen LogP contribution >= 0.6 is 46.9 Å². The van der Waals surface area contributed by atoms with Crippen molar-refractivity contribution in [3.63, 3.8) is 0 Å². The van der Waals surface area contributed by atoms with Crippen molar-refractivity contribution in [3.8, 4) is 0 Å². The van der Waals surface area contributed by atoms with Crippen LogP contribution in [0.15, 0.2) is 34.6 Å². The molecule has 29 heavy (non-hydrogen) atoms. The van der Waals surface area contributed by atoms with Gasteiger partial charge in [-0.25, -0.2) is 4.98 Å². The molecular formula is C19H19ClN4O2S3. The van der Waals surface area contributed by atoms with Gasteiger partial charge in [-0.2, -0.15) is 0 Å². The van der Waals surface area contributed by atoms with Gasteiger partial charge in [-0.05, 0) is 38.4 Å². The Morgan fingerprint density at radius 3 is 2.79 bits per heavy atom. The SMILES string of the molecule is CC(=O)N(c1cccc(Cl)c1)c1nc(/C=C2/SC(=S)N(CCN(C)C)C2=O)cs1. The molecular weight excluding hydrogens is 448 g/mol. The predicted octanol–water partition coefficient (Wildman–Crippen LogP) is 4.24. The normalized spacial score (nSPS) is 15.6. The molecule has 0 saturated carbocycles. The molecule has 2 amide bonds. The second-order valence-corrected chi connectivity index (χ2v) is 9.47. The van der Waals surface area contributed by atoms with Gasteiger partial charge >= 0.3 is 0 Å². The van der Waals surface area contributed by atoms with E-state index in [4.69, 9.17) is 23.8 Å². The maximum Gasteiger partial charge on any atom is 0.266 e. The van der Waals surface area contributed by atoms with Gasteiger partial charge in [0.1, 0.15) is 4.32 Å². The average molecular weight is 467 g/mol. The van der Waals surface area contributed by atoms with Crippen LogP contribution in [0.5, 0.6) is 0 Å². The second-order valence-electron chi connectivity index (χ2n) is 6.53. The van der Waals surface area contributed by atoms with Crippen LogP contribution in [0.25, 0.3) is 6.08 Å². The van der Waals surface area contributed by atoms with Gasteiger partial charge in [0.15, 0.2) is 5.13 Å².